The highest BCUT2D eigenvalue weighted by Gasteiger charge is 2.26. The molecule has 0 amide bonds. The van der Waals surface area contributed by atoms with Crippen LogP contribution in [-0.4, -0.2) is 18.3 Å². The third-order valence-electron chi connectivity index (χ3n) is 13.4. The van der Waals surface area contributed by atoms with Crippen molar-refractivity contribution in [3.63, 3.8) is 0 Å². The van der Waals surface area contributed by atoms with Gasteiger partial charge in [0.15, 0.2) is 0 Å². The van der Waals surface area contributed by atoms with E-state index >= 15 is 0 Å². The lowest BCUT2D eigenvalue weighted by molar-refractivity contribution is 0.574. The first kappa shape index (κ1) is 39.3. The van der Waals surface area contributed by atoms with Crippen LogP contribution in [0.25, 0.3) is 108 Å². The van der Waals surface area contributed by atoms with E-state index in [1.165, 1.54) is 18.3 Å². The summed E-state index contributed by atoms with van der Waals surface area (Å²) < 4.78 is 5.19. The molecule has 0 radical (unpaired) electrons. The normalized spacial score (nSPS) is 12.8. The van der Waals surface area contributed by atoms with E-state index in [4.69, 9.17) is 0 Å². The van der Waals surface area contributed by atoms with Gasteiger partial charge in [-0.15, -0.1) is 0 Å². The molecule has 316 valence electrons. The molecular formula is C52H40N4O8. The Kier molecular flexibility index (Phi) is 7.96. The largest absolute Gasteiger partial charge is 0.272 e. The van der Waals surface area contributed by atoms with Crippen LogP contribution in [0, 0.1) is 0 Å². The monoisotopic (exact) mass is 848 g/mol. The quantitative estimate of drug-likeness (QED) is 0.162. The molecule has 0 aliphatic carbocycles. The average molecular weight is 849 g/mol. The molecule has 12 nitrogen and oxygen atoms in total. The number of fused-ring (bicyclic) bond motifs is 8. The maximum Gasteiger partial charge on any atom is 0.262 e. The first-order valence-electron chi connectivity index (χ1n) is 21.5. The summed E-state index contributed by atoms with van der Waals surface area (Å²) >= 11 is 0. The summed E-state index contributed by atoms with van der Waals surface area (Å²) in [5.74, 6) is 0. The summed E-state index contributed by atoms with van der Waals surface area (Å²) in [6.07, 6.45) is 0. The van der Waals surface area contributed by atoms with Crippen LogP contribution in [0.3, 0.4) is 0 Å². The molecule has 0 saturated carbocycles. The third kappa shape index (κ3) is 4.77. The number of benzene rings is 8. The zero-order valence-corrected chi connectivity index (χ0v) is 36.3. The van der Waals surface area contributed by atoms with Crippen LogP contribution in [0.5, 0.6) is 0 Å². The van der Waals surface area contributed by atoms with E-state index in [2.05, 4.69) is 0 Å². The predicted octanol–water partition coefficient (Wildman–Crippen LogP) is 7.94. The van der Waals surface area contributed by atoms with Crippen molar-refractivity contribution >= 4 is 108 Å². The predicted molar refractivity (Wildman–Crippen MR) is 259 cm³/mol. The fraction of sp³-hybridized carbons (Fsp3) is 0.231. The molecule has 0 saturated heterocycles. The van der Waals surface area contributed by atoms with Gasteiger partial charge < -0.3 is 0 Å². The first-order chi connectivity index (χ1) is 30.4. The fourth-order valence-corrected chi connectivity index (χ4v) is 10.7. The summed E-state index contributed by atoms with van der Waals surface area (Å²) in [7, 11) is 0. The van der Waals surface area contributed by atoms with Crippen molar-refractivity contribution in [2.45, 2.75) is 79.6 Å². The molecule has 0 aliphatic rings. The minimum Gasteiger partial charge on any atom is -0.272 e. The van der Waals surface area contributed by atoms with Gasteiger partial charge in [0, 0.05) is 24.2 Å². The van der Waals surface area contributed by atoms with Gasteiger partial charge in [-0.2, -0.15) is 0 Å². The highest BCUT2D eigenvalue weighted by molar-refractivity contribution is 6.34. The third-order valence-corrected chi connectivity index (χ3v) is 13.4. The minimum atomic E-state index is -0.291. The van der Waals surface area contributed by atoms with Gasteiger partial charge in [0.1, 0.15) is 0 Å². The standard InChI is InChI=1S/2C26H20N2O4/c2*1-11(2)27-23(29)17-9-13-6-8-16-20-14(5-7-15(19(13)20)21(17)25(27)31)10-18-22(16)26(32)28(12(3)4)24(18)30/h2*5-12H,1-4H3. The van der Waals surface area contributed by atoms with E-state index in [0.29, 0.717) is 64.6 Å². The molecule has 0 atom stereocenters. The van der Waals surface area contributed by atoms with E-state index in [0.717, 1.165) is 43.1 Å². The summed E-state index contributed by atoms with van der Waals surface area (Å²) in [4.78, 5) is 105. The van der Waals surface area contributed by atoms with Gasteiger partial charge in [-0.1, -0.05) is 48.5 Å². The molecule has 0 aliphatic heterocycles. The number of hydrogen-bond acceptors (Lipinski definition) is 8. The zero-order valence-electron chi connectivity index (χ0n) is 36.3. The number of rotatable bonds is 4. The molecular weight excluding hydrogens is 809 g/mol. The second-order valence-corrected chi connectivity index (χ2v) is 18.3. The molecule has 4 heterocycles. The van der Waals surface area contributed by atoms with E-state index in [9.17, 15) is 38.4 Å². The number of aromatic nitrogens is 4. The minimum absolute atomic E-state index is 0.244. The van der Waals surface area contributed by atoms with E-state index < -0.39 is 0 Å². The molecule has 0 unspecified atom stereocenters. The van der Waals surface area contributed by atoms with Gasteiger partial charge in [-0.3, -0.25) is 56.6 Å². The van der Waals surface area contributed by atoms with Gasteiger partial charge in [0.05, 0.1) is 43.1 Å². The molecule has 64 heavy (non-hydrogen) atoms. The Morgan fingerprint density at radius 3 is 0.609 bits per heavy atom. The lowest BCUT2D eigenvalue weighted by Crippen LogP contribution is -2.27. The first-order valence-corrected chi connectivity index (χ1v) is 21.5. The van der Waals surface area contributed by atoms with E-state index in [-0.39, 0.29) is 68.6 Å². The van der Waals surface area contributed by atoms with Crippen molar-refractivity contribution in [2.24, 2.45) is 0 Å². The topological polar surface area (TPSA) is 156 Å². The SMILES string of the molecule is CC(C)n1c(=O)c2cc3ccc4c5c(=O)n(C(C)C)c(=O)c5cc5ccc(c2c1=O)c3c54.CC(C)n1c(=O)c2cc3ccc4c5c(=O)n(C(C)C)c(=O)c5cc5ccc(c2c1=O)c3c54. The Bertz CT molecular complexity index is 3920. The second-order valence-electron chi connectivity index (χ2n) is 18.3. The Labute approximate surface area is 360 Å². The molecule has 0 bridgehead atoms. The average Bonchev–Trinajstić information content (AvgIpc) is 3.86. The van der Waals surface area contributed by atoms with Gasteiger partial charge in [-0.25, -0.2) is 0 Å². The van der Waals surface area contributed by atoms with Crippen LogP contribution in [0.4, 0.5) is 0 Å². The number of hydrogen-bond donors (Lipinski definition) is 0. The Hall–Kier alpha value is -7.60. The molecule has 0 spiro atoms. The van der Waals surface area contributed by atoms with Crippen LogP contribution < -0.4 is 44.5 Å². The van der Waals surface area contributed by atoms with Crippen molar-refractivity contribution in [1.29, 1.82) is 0 Å². The summed E-state index contributed by atoms with van der Waals surface area (Å²) in [6.45, 7) is 14.6. The molecule has 8 aromatic carbocycles. The van der Waals surface area contributed by atoms with Crippen LogP contribution in [-0.2, 0) is 0 Å². The molecule has 12 rings (SSSR count). The van der Waals surface area contributed by atoms with Crippen LogP contribution in [0.15, 0.2) is 111 Å². The van der Waals surface area contributed by atoms with Gasteiger partial charge >= 0.3 is 0 Å². The van der Waals surface area contributed by atoms with Gasteiger partial charge in [0.2, 0.25) is 0 Å². The smallest absolute Gasteiger partial charge is 0.262 e. The second kappa shape index (κ2) is 13.0. The Morgan fingerprint density at radius 1 is 0.250 bits per heavy atom. The maximum atomic E-state index is 13.2. The molecule has 0 fully saturated rings. The van der Waals surface area contributed by atoms with Crippen LogP contribution >= 0.6 is 0 Å². The van der Waals surface area contributed by atoms with E-state index in [1.807, 2.05) is 104 Å². The zero-order chi connectivity index (χ0) is 45.3. The molecule has 4 aromatic heterocycles. The summed E-state index contributed by atoms with van der Waals surface area (Å²) in [5.41, 5.74) is -2.28. The maximum absolute atomic E-state index is 13.2. The van der Waals surface area contributed by atoms with Crippen molar-refractivity contribution in [1.82, 2.24) is 18.3 Å². The molecule has 12 aromatic rings. The van der Waals surface area contributed by atoms with Gasteiger partial charge in [-0.05, 0) is 144 Å². The summed E-state index contributed by atoms with van der Waals surface area (Å²) in [6, 6.07) is 21.0. The van der Waals surface area contributed by atoms with Crippen molar-refractivity contribution in [2.75, 3.05) is 0 Å². The highest BCUT2D eigenvalue weighted by Crippen LogP contribution is 2.41. The van der Waals surface area contributed by atoms with Gasteiger partial charge in [0.25, 0.3) is 44.5 Å². The lowest BCUT2D eigenvalue weighted by atomic mass is 9.90. The highest BCUT2D eigenvalue weighted by atomic mass is 16.2. The number of nitrogens with zero attached hydrogens (tertiary/aromatic N) is 4. The summed E-state index contributed by atoms with van der Waals surface area (Å²) in [5, 5.41) is 12.8. The van der Waals surface area contributed by atoms with Crippen molar-refractivity contribution in [3.05, 3.63) is 156 Å². The van der Waals surface area contributed by atoms with Crippen LogP contribution in [0.2, 0.25) is 0 Å². The molecule has 0 N–H and O–H groups in total. The van der Waals surface area contributed by atoms with Crippen molar-refractivity contribution in [3.8, 4) is 0 Å². The fourth-order valence-electron chi connectivity index (χ4n) is 10.7. The lowest BCUT2D eigenvalue weighted by Gasteiger charge is -2.11. The Morgan fingerprint density at radius 2 is 0.438 bits per heavy atom. The van der Waals surface area contributed by atoms with Crippen LogP contribution in [0.1, 0.15) is 79.6 Å². The van der Waals surface area contributed by atoms with Crippen molar-refractivity contribution < 1.29 is 0 Å². The molecule has 12 heteroatoms. The van der Waals surface area contributed by atoms with E-state index in [1.54, 1.807) is 24.3 Å². The Balaban J connectivity index is 0.000000143.